The predicted molar refractivity (Wildman–Crippen MR) is 150 cm³/mol. The highest BCUT2D eigenvalue weighted by atomic mass is 16.6. The van der Waals surface area contributed by atoms with E-state index in [1.807, 2.05) is 27.7 Å². The van der Waals surface area contributed by atoms with Crippen molar-refractivity contribution in [1.29, 1.82) is 10.5 Å². The van der Waals surface area contributed by atoms with E-state index in [0.717, 1.165) is 11.1 Å². The largest absolute Gasteiger partial charge is 0.438 e. The van der Waals surface area contributed by atoms with Crippen molar-refractivity contribution in [1.82, 2.24) is 14.9 Å². The maximum Gasteiger partial charge on any atom is 0.405 e. The lowest BCUT2D eigenvalue weighted by Gasteiger charge is -2.32. The third kappa shape index (κ3) is 6.89. The van der Waals surface area contributed by atoms with Gasteiger partial charge in [-0.15, -0.1) is 0 Å². The summed E-state index contributed by atoms with van der Waals surface area (Å²) >= 11 is 0. The summed E-state index contributed by atoms with van der Waals surface area (Å²) in [6.45, 7) is 8.05. The van der Waals surface area contributed by atoms with Gasteiger partial charge in [0.2, 0.25) is 11.8 Å². The SMILES string of the molecule is Cc1cc(C#N)cc(C)c1Oc1nc(Nc2ccc(C#N)cc2)nc2c1CN(C(=O)C(CC(C)C)OC(N)=O)CC2. The molecule has 1 atom stereocenters. The van der Waals surface area contributed by atoms with Crippen LogP contribution >= 0.6 is 0 Å². The predicted octanol–water partition coefficient (Wildman–Crippen LogP) is 4.77. The number of primary amides is 1. The molecule has 2 aromatic carbocycles. The standard InChI is InChI=1S/C30H31N7O4/c1-17(2)11-25(40-29(33)39)28(38)37-10-9-24-23(16-37)27(41-26-18(3)12-21(15-32)13-19(26)4)36-30(35-24)34-22-7-5-20(14-31)6-8-22/h5-8,12-13,17,25H,9-11,16H2,1-4H3,(H2,33,39)(H,34,35,36). The number of ether oxygens (including phenoxy) is 2. The number of amides is 2. The Morgan fingerprint density at radius 1 is 1.07 bits per heavy atom. The van der Waals surface area contributed by atoms with Crippen molar-refractivity contribution < 1.29 is 19.1 Å². The van der Waals surface area contributed by atoms with Gasteiger partial charge in [-0.05, 0) is 73.7 Å². The van der Waals surface area contributed by atoms with Crippen molar-refractivity contribution in [3.05, 3.63) is 69.9 Å². The molecule has 0 saturated heterocycles. The Hall–Kier alpha value is -5.16. The highest BCUT2D eigenvalue weighted by Gasteiger charge is 2.33. The number of benzene rings is 2. The second kappa shape index (κ2) is 12.3. The summed E-state index contributed by atoms with van der Waals surface area (Å²) in [5, 5.41) is 21.6. The Balaban J connectivity index is 1.72. The van der Waals surface area contributed by atoms with Crippen LogP contribution < -0.4 is 15.8 Å². The molecule has 0 fully saturated rings. The summed E-state index contributed by atoms with van der Waals surface area (Å²) in [5.74, 6) is 0.852. The molecule has 0 spiro atoms. The number of hydrogen-bond donors (Lipinski definition) is 2. The van der Waals surface area contributed by atoms with Gasteiger partial charge in [0.15, 0.2) is 6.10 Å². The first kappa shape index (κ1) is 28.8. The lowest BCUT2D eigenvalue weighted by atomic mass is 10.0. The van der Waals surface area contributed by atoms with Crippen molar-refractivity contribution in [2.45, 2.75) is 53.2 Å². The molecule has 11 nitrogen and oxygen atoms in total. The molecule has 1 aliphatic heterocycles. The number of carbonyl (C=O) groups is 2. The lowest BCUT2D eigenvalue weighted by molar-refractivity contribution is -0.142. The van der Waals surface area contributed by atoms with E-state index < -0.39 is 12.2 Å². The minimum absolute atomic E-state index is 0.0980. The highest BCUT2D eigenvalue weighted by Crippen LogP contribution is 2.35. The van der Waals surface area contributed by atoms with Gasteiger partial charge in [0, 0.05) is 18.7 Å². The molecule has 1 aliphatic rings. The van der Waals surface area contributed by atoms with E-state index >= 15 is 0 Å². The molecule has 1 aromatic heterocycles. The van der Waals surface area contributed by atoms with Crippen LogP contribution in [-0.4, -0.2) is 39.5 Å². The highest BCUT2D eigenvalue weighted by molar-refractivity contribution is 5.83. The maximum atomic E-state index is 13.4. The Morgan fingerprint density at radius 2 is 1.73 bits per heavy atom. The lowest BCUT2D eigenvalue weighted by Crippen LogP contribution is -2.45. The van der Waals surface area contributed by atoms with Crippen molar-refractivity contribution >= 4 is 23.6 Å². The van der Waals surface area contributed by atoms with E-state index in [4.69, 9.17) is 25.5 Å². The van der Waals surface area contributed by atoms with Gasteiger partial charge in [0.25, 0.3) is 5.91 Å². The van der Waals surface area contributed by atoms with Crippen LogP contribution in [0.25, 0.3) is 0 Å². The molecule has 1 unspecified atom stereocenters. The minimum atomic E-state index is -1.00. The molecule has 210 valence electrons. The van der Waals surface area contributed by atoms with Crippen LogP contribution in [0.15, 0.2) is 36.4 Å². The normalized spacial score (nSPS) is 13.0. The van der Waals surface area contributed by atoms with E-state index in [0.29, 0.717) is 59.2 Å². The van der Waals surface area contributed by atoms with E-state index in [2.05, 4.69) is 22.4 Å². The van der Waals surface area contributed by atoms with Gasteiger partial charge in [-0.2, -0.15) is 15.5 Å². The van der Waals surface area contributed by atoms with Gasteiger partial charge >= 0.3 is 6.09 Å². The van der Waals surface area contributed by atoms with Gasteiger partial charge < -0.3 is 25.4 Å². The number of rotatable bonds is 8. The zero-order valence-electron chi connectivity index (χ0n) is 23.4. The number of nitrogens with two attached hydrogens (primary N) is 1. The molecule has 0 saturated carbocycles. The van der Waals surface area contributed by atoms with Crippen LogP contribution in [0.3, 0.4) is 0 Å². The molecular formula is C30H31N7O4. The molecule has 0 bridgehead atoms. The smallest absolute Gasteiger partial charge is 0.405 e. The fraction of sp³-hybridized carbons (Fsp3) is 0.333. The second-order valence-corrected chi connectivity index (χ2v) is 10.3. The third-order valence-electron chi connectivity index (χ3n) is 6.61. The van der Waals surface area contributed by atoms with Crippen LogP contribution in [0.4, 0.5) is 16.4 Å². The zero-order valence-corrected chi connectivity index (χ0v) is 23.4. The fourth-order valence-corrected chi connectivity index (χ4v) is 4.71. The molecule has 11 heteroatoms. The van der Waals surface area contributed by atoms with Gasteiger partial charge in [0.1, 0.15) is 5.75 Å². The zero-order chi connectivity index (χ0) is 29.7. The molecule has 3 aromatic rings. The quantitative estimate of drug-likeness (QED) is 0.399. The van der Waals surface area contributed by atoms with Crippen molar-refractivity contribution in [3.8, 4) is 23.8 Å². The van der Waals surface area contributed by atoms with Crippen molar-refractivity contribution in [3.63, 3.8) is 0 Å². The van der Waals surface area contributed by atoms with Gasteiger partial charge in [0.05, 0.1) is 41.1 Å². The van der Waals surface area contributed by atoms with E-state index in [-0.39, 0.29) is 24.2 Å². The average Bonchev–Trinajstić information content (AvgIpc) is 2.93. The Bertz CT molecular complexity index is 1530. The van der Waals surface area contributed by atoms with Crippen molar-refractivity contribution in [2.75, 3.05) is 11.9 Å². The first-order valence-corrected chi connectivity index (χ1v) is 13.2. The van der Waals surface area contributed by atoms with Crippen LogP contribution in [0.5, 0.6) is 11.6 Å². The maximum absolute atomic E-state index is 13.4. The number of nitrogens with one attached hydrogen (secondary N) is 1. The van der Waals surface area contributed by atoms with Gasteiger partial charge in [-0.1, -0.05) is 13.8 Å². The summed E-state index contributed by atoms with van der Waals surface area (Å²) in [7, 11) is 0. The summed E-state index contributed by atoms with van der Waals surface area (Å²) in [6, 6.07) is 14.6. The number of nitrogens with zero attached hydrogens (tertiary/aromatic N) is 5. The number of nitriles is 2. The number of anilines is 2. The Labute approximate surface area is 238 Å². The fourth-order valence-electron chi connectivity index (χ4n) is 4.71. The topological polar surface area (TPSA) is 167 Å². The second-order valence-electron chi connectivity index (χ2n) is 10.3. The first-order chi connectivity index (χ1) is 19.6. The summed E-state index contributed by atoms with van der Waals surface area (Å²) in [6.07, 6.45) is -1.25. The number of fused-ring (bicyclic) bond motifs is 1. The number of aromatic nitrogens is 2. The van der Waals surface area contributed by atoms with E-state index in [9.17, 15) is 14.9 Å². The monoisotopic (exact) mass is 553 g/mol. The van der Waals surface area contributed by atoms with E-state index in [1.54, 1.807) is 41.3 Å². The van der Waals surface area contributed by atoms with Crippen LogP contribution in [-0.2, 0) is 22.5 Å². The third-order valence-corrected chi connectivity index (χ3v) is 6.61. The average molecular weight is 554 g/mol. The molecule has 2 heterocycles. The minimum Gasteiger partial charge on any atom is -0.438 e. The molecule has 3 N–H and O–H groups in total. The summed E-state index contributed by atoms with van der Waals surface area (Å²) < 4.78 is 11.6. The van der Waals surface area contributed by atoms with Crippen LogP contribution in [0, 0.1) is 42.4 Å². The summed E-state index contributed by atoms with van der Waals surface area (Å²) in [5.41, 5.74) is 9.83. The number of aryl methyl sites for hydroxylation is 2. The molecule has 4 rings (SSSR count). The van der Waals surface area contributed by atoms with Gasteiger partial charge in [-0.3, -0.25) is 4.79 Å². The Morgan fingerprint density at radius 3 is 2.32 bits per heavy atom. The molecular weight excluding hydrogens is 522 g/mol. The van der Waals surface area contributed by atoms with Crippen LogP contribution in [0.1, 0.15) is 53.8 Å². The summed E-state index contributed by atoms with van der Waals surface area (Å²) in [4.78, 5) is 35.9. The molecule has 2 amide bonds. The molecule has 0 radical (unpaired) electrons. The molecule has 41 heavy (non-hydrogen) atoms. The Kier molecular flexibility index (Phi) is 8.69. The first-order valence-electron chi connectivity index (χ1n) is 13.2. The molecule has 0 aliphatic carbocycles. The van der Waals surface area contributed by atoms with E-state index in [1.165, 1.54) is 0 Å². The van der Waals surface area contributed by atoms with Crippen molar-refractivity contribution in [2.24, 2.45) is 11.7 Å². The number of carbonyl (C=O) groups excluding carboxylic acids is 2. The number of hydrogen-bond acceptors (Lipinski definition) is 9. The van der Waals surface area contributed by atoms with Gasteiger partial charge in [-0.25, -0.2) is 9.78 Å². The van der Waals surface area contributed by atoms with Crippen LogP contribution in [0.2, 0.25) is 0 Å².